The van der Waals surface area contributed by atoms with Crippen LogP contribution in [0.15, 0.2) is 0 Å². The van der Waals surface area contributed by atoms with E-state index in [2.05, 4.69) is 26.2 Å². The monoisotopic (exact) mass is 294 g/mol. The van der Waals surface area contributed by atoms with Crippen LogP contribution in [0.1, 0.15) is 41.4 Å². The first-order valence-electron chi connectivity index (χ1n) is 7.62. The zero-order valence-corrected chi connectivity index (χ0v) is 12.8. The van der Waals surface area contributed by atoms with Crippen molar-refractivity contribution >= 4 is 11.5 Å². The zero-order chi connectivity index (χ0) is 15.4. The number of anilines is 2. The second-order valence-electron chi connectivity index (χ2n) is 6.16. The predicted molar refractivity (Wildman–Crippen MR) is 84.6 cm³/mol. The van der Waals surface area contributed by atoms with Crippen LogP contribution in [0.4, 0.5) is 11.5 Å². The van der Waals surface area contributed by atoms with E-state index < -0.39 is 0 Å². The Balaban J connectivity index is 2.12. The summed E-state index contributed by atoms with van der Waals surface area (Å²) in [7, 11) is 0. The van der Waals surface area contributed by atoms with Gasteiger partial charge in [-0.3, -0.25) is 5.10 Å². The minimum absolute atomic E-state index is 0.338. The van der Waals surface area contributed by atoms with E-state index in [-0.39, 0.29) is 0 Å². The summed E-state index contributed by atoms with van der Waals surface area (Å²) in [6.07, 6.45) is 2.24. The Bertz CT molecular complexity index is 786. The smallest absolute Gasteiger partial charge is 0.142 e. The Morgan fingerprint density at radius 1 is 1.27 bits per heavy atom. The molecule has 112 valence electrons. The number of aromatic amines is 1. The number of aryl methyl sites for hydroxylation is 2. The molecule has 5 heterocycles. The number of nitrogens with zero attached hydrogens (tertiary/aromatic N) is 4. The summed E-state index contributed by atoms with van der Waals surface area (Å²) in [6, 6.07) is 2.26. The van der Waals surface area contributed by atoms with Crippen LogP contribution in [-0.4, -0.2) is 28.3 Å². The van der Waals surface area contributed by atoms with Gasteiger partial charge in [0.25, 0.3) is 0 Å². The molecule has 0 amide bonds. The first kappa shape index (κ1) is 13.1. The highest BCUT2D eigenvalue weighted by Crippen LogP contribution is 2.49. The van der Waals surface area contributed by atoms with Gasteiger partial charge in [0.2, 0.25) is 0 Å². The third kappa shape index (κ3) is 1.59. The molecule has 1 saturated heterocycles. The molecule has 6 nitrogen and oxygen atoms in total. The van der Waals surface area contributed by atoms with Crippen molar-refractivity contribution in [2.75, 3.05) is 23.7 Å². The summed E-state index contributed by atoms with van der Waals surface area (Å²) in [5, 5.41) is 16.9. The number of nitrogens with one attached hydrogen (secondary N) is 1. The standard InChI is InChI=1S/C16H18N6/c1-8-12(9(2)21-20-8)13-11(7-17)16(18)19-14-10-3-5-22(6-4-10)15(13)14/h10H,3-6H2,1-2H3,(H2,18,19)(H,20,21). The fraction of sp³-hybridized carbons (Fsp3) is 0.438. The lowest BCUT2D eigenvalue weighted by atomic mass is 9.82. The molecule has 2 aromatic heterocycles. The summed E-state index contributed by atoms with van der Waals surface area (Å²) in [6.45, 7) is 5.99. The summed E-state index contributed by atoms with van der Waals surface area (Å²) in [5.41, 5.74) is 12.5. The molecule has 0 atom stereocenters. The molecule has 0 unspecified atom stereocenters. The van der Waals surface area contributed by atoms with Crippen LogP contribution in [0.25, 0.3) is 11.1 Å². The lowest BCUT2D eigenvalue weighted by Crippen LogP contribution is -2.40. The highest BCUT2D eigenvalue weighted by molar-refractivity contribution is 5.91. The van der Waals surface area contributed by atoms with Crippen molar-refractivity contribution in [2.45, 2.75) is 32.6 Å². The van der Waals surface area contributed by atoms with Crippen LogP contribution in [0.3, 0.4) is 0 Å². The minimum atomic E-state index is 0.338. The van der Waals surface area contributed by atoms with E-state index in [0.29, 0.717) is 17.3 Å². The van der Waals surface area contributed by atoms with Gasteiger partial charge < -0.3 is 10.6 Å². The average molecular weight is 294 g/mol. The highest BCUT2D eigenvalue weighted by atomic mass is 15.2. The Kier molecular flexibility index (Phi) is 2.67. The molecule has 0 saturated carbocycles. The van der Waals surface area contributed by atoms with Crippen LogP contribution in [-0.2, 0) is 0 Å². The normalized spacial score (nSPS) is 16.7. The molecule has 22 heavy (non-hydrogen) atoms. The average Bonchev–Trinajstić information content (AvgIpc) is 2.86. The molecular weight excluding hydrogens is 276 g/mol. The number of rotatable bonds is 1. The summed E-state index contributed by atoms with van der Waals surface area (Å²) in [4.78, 5) is 6.93. The third-order valence-electron chi connectivity index (χ3n) is 4.91. The number of hydrogen-bond acceptors (Lipinski definition) is 5. The number of aromatic nitrogens is 3. The molecule has 0 aliphatic carbocycles. The Hall–Kier alpha value is -2.55. The van der Waals surface area contributed by atoms with Gasteiger partial charge in [-0.2, -0.15) is 10.4 Å². The number of nitrogens with two attached hydrogens (primary N) is 1. The second-order valence-corrected chi connectivity index (χ2v) is 6.16. The lowest BCUT2D eigenvalue weighted by Gasteiger charge is -2.42. The van der Waals surface area contributed by atoms with Gasteiger partial charge in [-0.25, -0.2) is 4.98 Å². The van der Waals surface area contributed by atoms with Gasteiger partial charge in [0.1, 0.15) is 17.5 Å². The third-order valence-corrected chi connectivity index (χ3v) is 4.91. The van der Waals surface area contributed by atoms with Crippen LogP contribution >= 0.6 is 0 Å². The van der Waals surface area contributed by atoms with Gasteiger partial charge in [-0.1, -0.05) is 0 Å². The number of fused-ring (bicyclic) bond motifs is 2. The van der Waals surface area contributed by atoms with Crippen molar-refractivity contribution in [3.05, 3.63) is 22.6 Å². The van der Waals surface area contributed by atoms with Gasteiger partial charge in [-0.05, 0) is 26.7 Å². The van der Waals surface area contributed by atoms with E-state index in [1.807, 2.05) is 13.8 Å². The topological polar surface area (TPSA) is 94.6 Å². The lowest BCUT2D eigenvalue weighted by molar-refractivity contribution is 0.465. The number of piperidine rings is 1. The van der Waals surface area contributed by atoms with Gasteiger partial charge in [0, 0.05) is 35.8 Å². The molecule has 5 rings (SSSR count). The molecule has 0 aromatic carbocycles. The van der Waals surface area contributed by atoms with E-state index in [1.54, 1.807) is 0 Å². The van der Waals surface area contributed by atoms with Crippen molar-refractivity contribution in [3.63, 3.8) is 0 Å². The molecule has 0 radical (unpaired) electrons. The fourth-order valence-corrected chi connectivity index (χ4v) is 3.87. The first-order chi connectivity index (χ1) is 10.6. The number of pyridine rings is 1. The van der Waals surface area contributed by atoms with E-state index >= 15 is 0 Å². The molecule has 6 heteroatoms. The van der Waals surface area contributed by atoms with Crippen LogP contribution in [0.2, 0.25) is 0 Å². The Labute approximate surface area is 129 Å². The van der Waals surface area contributed by atoms with Crippen molar-refractivity contribution in [1.29, 1.82) is 5.26 Å². The second kappa shape index (κ2) is 4.47. The van der Waals surface area contributed by atoms with Crippen molar-refractivity contribution in [3.8, 4) is 17.2 Å². The molecule has 2 aromatic rings. The molecule has 0 spiro atoms. The molecular formula is C16H18N6. The first-order valence-corrected chi connectivity index (χ1v) is 7.62. The Morgan fingerprint density at radius 3 is 2.59 bits per heavy atom. The molecule has 3 aliphatic rings. The molecule has 3 aliphatic heterocycles. The van der Waals surface area contributed by atoms with E-state index in [1.165, 1.54) is 0 Å². The number of nitriles is 1. The van der Waals surface area contributed by atoms with Crippen molar-refractivity contribution in [2.24, 2.45) is 0 Å². The van der Waals surface area contributed by atoms with E-state index in [9.17, 15) is 5.26 Å². The van der Waals surface area contributed by atoms with Crippen molar-refractivity contribution < 1.29 is 0 Å². The van der Waals surface area contributed by atoms with Gasteiger partial charge >= 0.3 is 0 Å². The van der Waals surface area contributed by atoms with Gasteiger partial charge in [0.15, 0.2) is 0 Å². The SMILES string of the molecule is Cc1n[nH]c(C)c1-c1c(C#N)c(N)nc2c1N1CCC2CC1. The minimum Gasteiger partial charge on any atom is -0.383 e. The molecule has 2 bridgehead atoms. The maximum absolute atomic E-state index is 9.63. The van der Waals surface area contributed by atoms with Gasteiger partial charge in [-0.15, -0.1) is 0 Å². The van der Waals surface area contributed by atoms with Crippen LogP contribution < -0.4 is 10.6 Å². The summed E-state index contributed by atoms with van der Waals surface area (Å²) in [5.74, 6) is 0.798. The number of H-pyrrole nitrogens is 1. The summed E-state index contributed by atoms with van der Waals surface area (Å²) >= 11 is 0. The van der Waals surface area contributed by atoms with Gasteiger partial charge in [0.05, 0.1) is 17.1 Å². The molecule has 3 N–H and O–H groups in total. The maximum atomic E-state index is 9.63. The maximum Gasteiger partial charge on any atom is 0.142 e. The van der Waals surface area contributed by atoms with Crippen LogP contribution in [0.5, 0.6) is 0 Å². The molecule has 1 fully saturated rings. The predicted octanol–water partition coefficient (Wildman–Crippen LogP) is 2.24. The fourth-order valence-electron chi connectivity index (χ4n) is 3.87. The van der Waals surface area contributed by atoms with E-state index in [0.717, 1.165) is 59.8 Å². The number of nitrogen functional groups attached to an aromatic ring is 1. The largest absolute Gasteiger partial charge is 0.383 e. The van der Waals surface area contributed by atoms with Crippen LogP contribution in [0, 0.1) is 25.2 Å². The highest BCUT2D eigenvalue weighted by Gasteiger charge is 2.37. The number of hydrogen-bond donors (Lipinski definition) is 2. The zero-order valence-electron chi connectivity index (χ0n) is 12.8. The Morgan fingerprint density at radius 2 is 2.00 bits per heavy atom. The van der Waals surface area contributed by atoms with E-state index in [4.69, 9.17) is 5.73 Å². The summed E-state index contributed by atoms with van der Waals surface area (Å²) < 4.78 is 0. The van der Waals surface area contributed by atoms with Crippen molar-refractivity contribution in [1.82, 2.24) is 15.2 Å². The quantitative estimate of drug-likeness (QED) is 0.841.